The maximum absolute atomic E-state index is 11.0. The first-order valence-corrected chi connectivity index (χ1v) is 4.77. The van der Waals surface area contributed by atoms with Crippen molar-refractivity contribution in [2.75, 3.05) is 0 Å². The van der Waals surface area contributed by atoms with E-state index in [-0.39, 0.29) is 5.56 Å². The number of aromatic nitrogens is 3. The van der Waals surface area contributed by atoms with Crippen molar-refractivity contribution in [1.82, 2.24) is 14.8 Å². The Morgan fingerprint density at radius 2 is 2.50 bits per heavy atom. The van der Waals surface area contributed by atoms with Crippen LogP contribution >= 0.6 is 0 Å². The Bertz CT molecular complexity index is 511. The van der Waals surface area contributed by atoms with Crippen LogP contribution in [-0.4, -0.2) is 25.8 Å². The molecule has 0 aromatic carbocycles. The lowest BCUT2D eigenvalue weighted by Gasteiger charge is -2.04. The van der Waals surface area contributed by atoms with E-state index in [9.17, 15) is 4.79 Å². The number of carboxylic acid groups (broad SMARTS) is 1. The van der Waals surface area contributed by atoms with Crippen LogP contribution in [0.3, 0.4) is 0 Å². The number of carboxylic acids is 1. The number of aromatic carboxylic acids is 1. The molecule has 0 fully saturated rings. The molecular weight excluding hydrogens is 206 g/mol. The van der Waals surface area contributed by atoms with Gasteiger partial charge in [0.05, 0.1) is 24.1 Å². The molecule has 0 saturated carbocycles. The lowest BCUT2D eigenvalue weighted by atomic mass is 10.2. The monoisotopic (exact) mass is 217 g/mol. The summed E-state index contributed by atoms with van der Waals surface area (Å²) in [6.07, 6.45) is 4.76. The summed E-state index contributed by atoms with van der Waals surface area (Å²) in [6, 6.07) is 3.62. The van der Waals surface area contributed by atoms with Gasteiger partial charge in [0.15, 0.2) is 0 Å². The van der Waals surface area contributed by atoms with Crippen LogP contribution in [0, 0.1) is 0 Å². The Hall–Kier alpha value is -2.30. The molecule has 0 amide bonds. The van der Waals surface area contributed by atoms with Crippen LogP contribution in [0.5, 0.6) is 0 Å². The quantitative estimate of drug-likeness (QED) is 0.766. The zero-order valence-corrected chi connectivity index (χ0v) is 8.55. The third-order valence-electron chi connectivity index (χ3n) is 2.22. The van der Waals surface area contributed by atoms with Crippen LogP contribution in [0.4, 0.5) is 0 Å². The van der Waals surface area contributed by atoms with Crippen molar-refractivity contribution in [2.45, 2.75) is 6.54 Å². The fraction of sp³-hybridized carbons (Fsp3) is 0.0909. The molecule has 0 aliphatic carbocycles. The van der Waals surface area contributed by atoms with Gasteiger partial charge >= 0.3 is 5.97 Å². The highest BCUT2D eigenvalue weighted by atomic mass is 16.4. The van der Waals surface area contributed by atoms with Gasteiger partial charge in [-0.25, -0.2) is 4.79 Å². The Kier molecular flexibility index (Phi) is 2.59. The van der Waals surface area contributed by atoms with Crippen molar-refractivity contribution in [3.63, 3.8) is 0 Å². The minimum atomic E-state index is -0.986. The molecule has 5 nitrogen and oxygen atoms in total. The smallest absolute Gasteiger partial charge is 0.339 e. The highest BCUT2D eigenvalue weighted by Crippen LogP contribution is 2.22. The van der Waals surface area contributed by atoms with Crippen molar-refractivity contribution in [3.8, 4) is 11.4 Å². The van der Waals surface area contributed by atoms with Crippen molar-refractivity contribution < 1.29 is 9.90 Å². The van der Waals surface area contributed by atoms with Crippen molar-refractivity contribution in [1.29, 1.82) is 0 Å². The predicted octanol–water partition coefficient (Wildman–Crippen LogP) is 1.76. The van der Waals surface area contributed by atoms with Gasteiger partial charge in [-0.2, -0.15) is 5.10 Å². The van der Waals surface area contributed by atoms with Crippen molar-refractivity contribution >= 4 is 5.97 Å². The third-order valence-corrected chi connectivity index (χ3v) is 2.22. The molecule has 5 heteroatoms. The van der Waals surface area contributed by atoms with Gasteiger partial charge in [-0.3, -0.25) is 4.68 Å². The SMILES string of the molecule is C=CCn1ncc(C(=O)O)c1-c1ccc[nH]1. The molecule has 0 aliphatic rings. The molecule has 2 heterocycles. The lowest BCUT2D eigenvalue weighted by Crippen LogP contribution is -2.03. The molecule has 2 aromatic heterocycles. The molecule has 16 heavy (non-hydrogen) atoms. The molecule has 2 rings (SSSR count). The van der Waals surface area contributed by atoms with Crippen LogP contribution < -0.4 is 0 Å². The fourth-order valence-corrected chi connectivity index (χ4v) is 1.56. The van der Waals surface area contributed by atoms with Crippen LogP contribution in [0.25, 0.3) is 11.4 Å². The topological polar surface area (TPSA) is 70.9 Å². The summed E-state index contributed by atoms with van der Waals surface area (Å²) in [5.41, 5.74) is 1.48. The minimum Gasteiger partial charge on any atom is -0.478 e. The molecular formula is C11H11N3O2. The van der Waals surface area contributed by atoms with Gasteiger partial charge in [0.25, 0.3) is 0 Å². The maximum atomic E-state index is 11.0. The zero-order chi connectivity index (χ0) is 11.5. The number of H-pyrrole nitrogens is 1. The summed E-state index contributed by atoms with van der Waals surface area (Å²) in [7, 11) is 0. The number of nitrogens with one attached hydrogen (secondary N) is 1. The molecule has 0 spiro atoms. The summed E-state index contributed by atoms with van der Waals surface area (Å²) >= 11 is 0. The van der Waals surface area contributed by atoms with Gasteiger partial charge in [0, 0.05) is 6.20 Å². The standard InChI is InChI=1S/C11H11N3O2/c1-2-6-14-10(9-4-3-5-12-9)8(7-13-14)11(15)16/h2-5,7,12H,1,6H2,(H,15,16). The maximum Gasteiger partial charge on any atom is 0.339 e. The van der Waals surface area contributed by atoms with E-state index in [1.54, 1.807) is 17.0 Å². The van der Waals surface area contributed by atoms with Gasteiger partial charge in [0.1, 0.15) is 5.56 Å². The average molecular weight is 217 g/mol. The molecule has 0 aliphatic heterocycles. The summed E-state index contributed by atoms with van der Waals surface area (Å²) in [4.78, 5) is 14.0. The van der Waals surface area contributed by atoms with E-state index in [2.05, 4.69) is 16.7 Å². The first-order chi connectivity index (χ1) is 7.74. The summed E-state index contributed by atoms with van der Waals surface area (Å²) < 4.78 is 1.60. The fourth-order valence-electron chi connectivity index (χ4n) is 1.56. The molecule has 0 bridgehead atoms. The largest absolute Gasteiger partial charge is 0.478 e. The van der Waals surface area contributed by atoms with E-state index in [1.165, 1.54) is 6.20 Å². The average Bonchev–Trinajstić information content (AvgIpc) is 2.84. The second-order valence-electron chi connectivity index (χ2n) is 3.27. The van der Waals surface area contributed by atoms with Gasteiger partial charge in [-0.1, -0.05) is 6.08 Å². The number of allylic oxidation sites excluding steroid dienone is 1. The number of carbonyl (C=O) groups is 1. The van der Waals surface area contributed by atoms with Crippen LogP contribution in [0.15, 0.2) is 37.2 Å². The van der Waals surface area contributed by atoms with Gasteiger partial charge in [0.2, 0.25) is 0 Å². The molecule has 2 aromatic rings. The highest BCUT2D eigenvalue weighted by molar-refractivity contribution is 5.94. The predicted molar refractivity (Wildman–Crippen MR) is 59.2 cm³/mol. The first kappa shape index (κ1) is 10.2. The van der Waals surface area contributed by atoms with E-state index >= 15 is 0 Å². The van der Waals surface area contributed by atoms with Gasteiger partial charge < -0.3 is 10.1 Å². The highest BCUT2D eigenvalue weighted by Gasteiger charge is 2.18. The summed E-state index contributed by atoms with van der Waals surface area (Å²) in [5, 5.41) is 13.1. The van der Waals surface area contributed by atoms with E-state index in [0.717, 1.165) is 5.69 Å². The molecule has 0 atom stereocenters. The van der Waals surface area contributed by atoms with Crippen LogP contribution in [0.2, 0.25) is 0 Å². The number of hydrogen-bond donors (Lipinski definition) is 2. The van der Waals surface area contributed by atoms with Crippen molar-refractivity contribution in [2.24, 2.45) is 0 Å². The van der Waals surface area contributed by atoms with Gasteiger partial charge in [-0.15, -0.1) is 6.58 Å². The Labute approximate surface area is 92.0 Å². The Morgan fingerprint density at radius 1 is 1.69 bits per heavy atom. The molecule has 0 unspecified atom stereocenters. The minimum absolute atomic E-state index is 0.185. The third kappa shape index (κ3) is 1.63. The number of nitrogens with zero attached hydrogens (tertiary/aromatic N) is 2. The summed E-state index contributed by atoms with van der Waals surface area (Å²) in [6.45, 7) is 4.09. The summed E-state index contributed by atoms with van der Waals surface area (Å²) in [5.74, 6) is -0.986. The van der Waals surface area contributed by atoms with Crippen LogP contribution in [0.1, 0.15) is 10.4 Å². The van der Waals surface area contributed by atoms with E-state index < -0.39 is 5.97 Å². The number of aromatic amines is 1. The van der Waals surface area contributed by atoms with E-state index in [0.29, 0.717) is 12.2 Å². The Balaban J connectivity index is 2.58. The molecule has 0 saturated heterocycles. The number of hydrogen-bond acceptors (Lipinski definition) is 2. The lowest BCUT2D eigenvalue weighted by molar-refractivity contribution is 0.0697. The molecule has 82 valence electrons. The molecule has 0 radical (unpaired) electrons. The zero-order valence-electron chi connectivity index (χ0n) is 8.55. The second-order valence-corrected chi connectivity index (χ2v) is 3.27. The number of rotatable bonds is 4. The second kappa shape index (κ2) is 4.06. The normalized spacial score (nSPS) is 10.2. The Morgan fingerprint density at radius 3 is 3.06 bits per heavy atom. The first-order valence-electron chi connectivity index (χ1n) is 4.77. The van der Waals surface area contributed by atoms with E-state index in [1.807, 2.05) is 12.1 Å². The van der Waals surface area contributed by atoms with Crippen LogP contribution in [-0.2, 0) is 6.54 Å². The van der Waals surface area contributed by atoms with Gasteiger partial charge in [-0.05, 0) is 12.1 Å². The molecule has 2 N–H and O–H groups in total. The van der Waals surface area contributed by atoms with E-state index in [4.69, 9.17) is 5.11 Å². The van der Waals surface area contributed by atoms with Crippen molar-refractivity contribution in [3.05, 3.63) is 42.7 Å².